The summed E-state index contributed by atoms with van der Waals surface area (Å²) in [7, 11) is 0. The average molecular weight is 482 g/mol. The van der Waals surface area contributed by atoms with Crippen molar-refractivity contribution < 1.29 is 9.59 Å². The molecule has 0 aliphatic heterocycles. The van der Waals surface area contributed by atoms with Gasteiger partial charge in [-0.1, -0.05) is 35.3 Å². The number of aromatic nitrogens is 4. The van der Waals surface area contributed by atoms with Gasteiger partial charge >= 0.3 is 0 Å². The molecule has 0 aliphatic rings. The van der Waals surface area contributed by atoms with Crippen LogP contribution in [-0.2, 0) is 11.2 Å². The van der Waals surface area contributed by atoms with Crippen molar-refractivity contribution in [1.82, 2.24) is 19.6 Å². The molecular weight excluding hydrogens is 461 g/mol. The second-order valence-corrected chi connectivity index (χ2v) is 8.56. The molecule has 2 heterocycles. The molecule has 1 amide bonds. The lowest BCUT2D eigenvalue weighted by Gasteiger charge is -2.11. The number of nitrogens with zero attached hydrogens (tertiary/aromatic N) is 4. The van der Waals surface area contributed by atoms with Gasteiger partial charge in [-0.2, -0.15) is 4.98 Å². The molecule has 33 heavy (non-hydrogen) atoms. The van der Waals surface area contributed by atoms with E-state index in [0.29, 0.717) is 44.9 Å². The van der Waals surface area contributed by atoms with Gasteiger partial charge in [0.05, 0.1) is 5.02 Å². The molecule has 0 unspecified atom stereocenters. The molecule has 7 nitrogen and oxygen atoms in total. The van der Waals surface area contributed by atoms with Crippen molar-refractivity contribution >= 4 is 46.4 Å². The number of anilines is 1. The molecule has 168 valence electrons. The normalized spacial score (nSPS) is 11.1. The van der Waals surface area contributed by atoms with Gasteiger partial charge in [0.1, 0.15) is 0 Å². The number of fused-ring (bicyclic) bond motifs is 1. The van der Waals surface area contributed by atoms with Gasteiger partial charge in [0.15, 0.2) is 11.6 Å². The van der Waals surface area contributed by atoms with Crippen molar-refractivity contribution in [2.45, 2.75) is 33.6 Å². The molecule has 4 aromatic rings. The topological polar surface area (TPSA) is 89.2 Å². The number of nitrogens with one attached hydrogen (secondary N) is 1. The monoisotopic (exact) mass is 481 g/mol. The second kappa shape index (κ2) is 9.29. The van der Waals surface area contributed by atoms with E-state index in [1.54, 1.807) is 47.0 Å². The number of carbonyl (C=O) groups is 2. The largest absolute Gasteiger partial charge is 0.326 e. The lowest BCUT2D eigenvalue weighted by molar-refractivity contribution is -0.116. The Morgan fingerprint density at radius 2 is 1.85 bits per heavy atom. The average Bonchev–Trinajstić information content (AvgIpc) is 3.17. The standard InChI is InChI=1S/C24H21Cl2N5O2/c1-13-19(9-10-22(33)28-18-6-4-5-16(11-18)15(3)32)14(2)31-24(27-13)29-23(30-31)20-8-7-17(25)12-21(20)26/h4-8,11-12H,9-10H2,1-3H3,(H,28,33). The highest BCUT2D eigenvalue weighted by Gasteiger charge is 2.17. The van der Waals surface area contributed by atoms with Crippen LogP contribution in [0.5, 0.6) is 0 Å². The Bertz CT molecular complexity index is 1400. The van der Waals surface area contributed by atoms with Gasteiger partial charge in [-0.3, -0.25) is 9.59 Å². The zero-order chi connectivity index (χ0) is 23.7. The Hall–Kier alpha value is -3.29. The smallest absolute Gasteiger partial charge is 0.253 e. The summed E-state index contributed by atoms with van der Waals surface area (Å²) in [5.41, 5.74) is 4.37. The second-order valence-electron chi connectivity index (χ2n) is 7.72. The van der Waals surface area contributed by atoms with E-state index in [1.807, 2.05) is 13.8 Å². The van der Waals surface area contributed by atoms with Gasteiger partial charge in [0, 0.05) is 39.6 Å². The molecule has 2 aromatic heterocycles. The molecule has 0 saturated carbocycles. The maximum atomic E-state index is 12.5. The minimum Gasteiger partial charge on any atom is -0.326 e. The Morgan fingerprint density at radius 1 is 1.06 bits per heavy atom. The number of carbonyl (C=O) groups excluding carboxylic acids is 2. The van der Waals surface area contributed by atoms with E-state index in [2.05, 4.69) is 20.4 Å². The summed E-state index contributed by atoms with van der Waals surface area (Å²) in [5, 5.41) is 8.42. The molecule has 0 aliphatic carbocycles. The van der Waals surface area contributed by atoms with Crippen molar-refractivity contribution in [3.63, 3.8) is 0 Å². The number of halogens is 2. The predicted molar refractivity (Wildman–Crippen MR) is 129 cm³/mol. The number of Topliss-reactive ketones (excluding diaryl/α,β-unsaturated/α-hetero) is 1. The van der Waals surface area contributed by atoms with E-state index < -0.39 is 0 Å². The van der Waals surface area contributed by atoms with Gasteiger partial charge in [-0.15, -0.1) is 5.10 Å². The Morgan fingerprint density at radius 3 is 2.58 bits per heavy atom. The van der Waals surface area contributed by atoms with Gasteiger partial charge in [0.2, 0.25) is 5.91 Å². The zero-order valence-corrected chi connectivity index (χ0v) is 19.8. The number of benzene rings is 2. The van der Waals surface area contributed by atoms with Gasteiger partial charge < -0.3 is 5.32 Å². The summed E-state index contributed by atoms with van der Waals surface area (Å²) in [6.45, 7) is 5.31. The number of hydrogen-bond donors (Lipinski definition) is 1. The fourth-order valence-corrected chi connectivity index (χ4v) is 4.13. The summed E-state index contributed by atoms with van der Waals surface area (Å²) < 4.78 is 1.66. The highest BCUT2D eigenvalue weighted by Crippen LogP contribution is 2.29. The first-order valence-electron chi connectivity index (χ1n) is 10.3. The summed E-state index contributed by atoms with van der Waals surface area (Å²) >= 11 is 12.3. The van der Waals surface area contributed by atoms with E-state index in [1.165, 1.54) is 6.92 Å². The van der Waals surface area contributed by atoms with Crippen LogP contribution < -0.4 is 5.32 Å². The Kier molecular flexibility index (Phi) is 6.44. The van der Waals surface area contributed by atoms with Crippen LogP contribution in [0, 0.1) is 13.8 Å². The van der Waals surface area contributed by atoms with E-state index in [4.69, 9.17) is 23.2 Å². The molecule has 2 aromatic carbocycles. The first kappa shape index (κ1) is 22.9. The fraction of sp³-hybridized carbons (Fsp3) is 0.208. The number of aryl methyl sites for hydroxylation is 2. The Labute approximate surface area is 200 Å². The van der Waals surface area contributed by atoms with Gasteiger partial charge in [-0.05, 0) is 63.1 Å². The summed E-state index contributed by atoms with van der Waals surface area (Å²) in [6.07, 6.45) is 0.736. The van der Waals surface area contributed by atoms with Crippen molar-refractivity contribution in [2.75, 3.05) is 5.32 Å². The first-order chi connectivity index (χ1) is 15.7. The van der Waals surface area contributed by atoms with Gasteiger partial charge in [-0.25, -0.2) is 9.50 Å². The van der Waals surface area contributed by atoms with Crippen LogP contribution >= 0.6 is 23.2 Å². The molecule has 0 bridgehead atoms. The third kappa shape index (κ3) is 4.89. The third-order valence-corrected chi connectivity index (χ3v) is 5.92. The lowest BCUT2D eigenvalue weighted by atomic mass is 10.1. The number of hydrogen-bond acceptors (Lipinski definition) is 5. The maximum Gasteiger partial charge on any atom is 0.253 e. The third-order valence-electron chi connectivity index (χ3n) is 5.38. The van der Waals surface area contributed by atoms with Crippen molar-refractivity contribution in [2.24, 2.45) is 0 Å². The van der Waals surface area contributed by atoms with Crippen LogP contribution in [0.25, 0.3) is 17.2 Å². The minimum absolute atomic E-state index is 0.0520. The number of amides is 1. The quantitative estimate of drug-likeness (QED) is 0.367. The minimum atomic E-state index is -0.151. The summed E-state index contributed by atoms with van der Waals surface area (Å²) in [6, 6.07) is 12.0. The van der Waals surface area contributed by atoms with Crippen LogP contribution in [0.2, 0.25) is 10.0 Å². The molecule has 0 spiro atoms. The van der Waals surface area contributed by atoms with Crippen LogP contribution in [0.4, 0.5) is 5.69 Å². The molecule has 4 rings (SSSR count). The van der Waals surface area contributed by atoms with Gasteiger partial charge in [0.25, 0.3) is 5.78 Å². The highest BCUT2D eigenvalue weighted by molar-refractivity contribution is 6.36. The molecule has 1 N–H and O–H groups in total. The molecule has 0 atom stereocenters. The number of ketones is 1. The fourth-order valence-electron chi connectivity index (χ4n) is 3.63. The van der Waals surface area contributed by atoms with E-state index in [9.17, 15) is 9.59 Å². The summed E-state index contributed by atoms with van der Waals surface area (Å²) in [4.78, 5) is 33.2. The van der Waals surface area contributed by atoms with Crippen molar-refractivity contribution in [1.29, 1.82) is 0 Å². The predicted octanol–water partition coefficient (Wildman–Crippen LogP) is 5.49. The van der Waals surface area contributed by atoms with Crippen LogP contribution in [0.15, 0.2) is 42.5 Å². The molecular formula is C24H21Cl2N5O2. The van der Waals surface area contributed by atoms with Crippen molar-refractivity contribution in [3.8, 4) is 11.4 Å². The first-order valence-corrected chi connectivity index (χ1v) is 11.1. The highest BCUT2D eigenvalue weighted by atomic mass is 35.5. The van der Waals surface area contributed by atoms with E-state index in [0.717, 1.165) is 17.0 Å². The zero-order valence-electron chi connectivity index (χ0n) is 18.3. The molecule has 0 saturated heterocycles. The lowest BCUT2D eigenvalue weighted by Crippen LogP contribution is -2.14. The Balaban J connectivity index is 1.55. The van der Waals surface area contributed by atoms with Crippen LogP contribution in [0.3, 0.4) is 0 Å². The molecule has 9 heteroatoms. The number of rotatable bonds is 6. The molecule has 0 radical (unpaired) electrons. The van der Waals surface area contributed by atoms with Crippen molar-refractivity contribution in [3.05, 3.63) is 75.0 Å². The molecule has 0 fully saturated rings. The SMILES string of the molecule is CC(=O)c1cccc(NC(=O)CCc2c(C)nc3nc(-c4ccc(Cl)cc4Cl)nn3c2C)c1. The maximum absolute atomic E-state index is 12.5. The van der Waals surface area contributed by atoms with E-state index in [-0.39, 0.29) is 18.1 Å². The summed E-state index contributed by atoms with van der Waals surface area (Å²) in [5.74, 6) is 0.706. The van der Waals surface area contributed by atoms with Crippen LogP contribution in [-0.4, -0.2) is 31.3 Å². The van der Waals surface area contributed by atoms with Crippen LogP contribution in [0.1, 0.15) is 40.7 Å². The van der Waals surface area contributed by atoms with E-state index >= 15 is 0 Å².